The number of carboxylic acid groups (broad SMARTS) is 1. The van der Waals surface area contributed by atoms with Gasteiger partial charge in [-0.15, -0.1) is 13.2 Å². The van der Waals surface area contributed by atoms with Gasteiger partial charge in [-0.3, -0.25) is 0 Å². The first-order valence-corrected chi connectivity index (χ1v) is 11.4. The van der Waals surface area contributed by atoms with Crippen molar-refractivity contribution in [3.05, 3.63) is 83.3 Å². The molecule has 1 aromatic heterocycles. The lowest BCUT2D eigenvalue weighted by molar-refractivity contribution is -0.274. The summed E-state index contributed by atoms with van der Waals surface area (Å²) in [5, 5.41) is 19.3. The van der Waals surface area contributed by atoms with Gasteiger partial charge in [-0.05, 0) is 74.2 Å². The van der Waals surface area contributed by atoms with E-state index in [9.17, 15) is 28.2 Å². The maximum absolute atomic E-state index is 13.2. The zero-order valence-corrected chi connectivity index (χ0v) is 20.2. The van der Waals surface area contributed by atoms with Gasteiger partial charge in [-0.2, -0.15) is 0 Å². The van der Waals surface area contributed by atoms with Crippen LogP contribution in [-0.4, -0.2) is 33.2 Å². The predicted molar refractivity (Wildman–Crippen MR) is 130 cm³/mol. The van der Waals surface area contributed by atoms with Crippen LogP contribution in [0.3, 0.4) is 0 Å². The van der Waals surface area contributed by atoms with Gasteiger partial charge in [0.15, 0.2) is 6.10 Å². The quantitative estimate of drug-likeness (QED) is 0.238. The summed E-state index contributed by atoms with van der Waals surface area (Å²) in [7, 11) is 0. The number of halogens is 3. The van der Waals surface area contributed by atoms with Crippen molar-refractivity contribution in [3.8, 4) is 11.5 Å². The fourth-order valence-electron chi connectivity index (χ4n) is 4.00. The normalized spacial score (nSPS) is 13.3. The molecule has 0 aliphatic carbocycles. The maximum atomic E-state index is 13.2. The number of rotatable bonds is 10. The molecule has 0 spiro atoms. The molecule has 0 bridgehead atoms. The molecule has 0 amide bonds. The van der Waals surface area contributed by atoms with Crippen molar-refractivity contribution in [1.82, 2.24) is 4.57 Å². The molecule has 3 aromatic rings. The van der Waals surface area contributed by atoms with Crippen LogP contribution in [0.4, 0.5) is 13.2 Å². The lowest BCUT2D eigenvalue weighted by atomic mass is 10.1. The zero-order chi connectivity index (χ0) is 26.5. The van der Waals surface area contributed by atoms with Gasteiger partial charge >= 0.3 is 12.3 Å². The Labute approximate surface area is 206 Å². The summed E-state index contributed by atoms with van der Waals surface area (Å²) >= 11 is 0. The highest BCUT2D eigenvalue weighted by atomic mass is 19.4. The van der Waals surface area contributed by atoms with Crippen molar-refractivity contribution in [2.75, 3.05) is 0 Å². The van der Waals surface area contributed by atoms with Gasteiger partial charge in [-0.25, -0.2) is 4.79 Å². The number of hydrogen-bond donors (Lipinski definition) is 2. The van der Waals surface area contributed by atoms with Gasteiger partial charge in [-0.1, -0.05) is 31.2 Å². The van der Waals surface area contributed by atoms with Crippen molar-refractivity contribution in [2.45, 2.75) is 52.6 Å². The number of alkyl halides is 3. The summed E-state index contributed by atoms with van der Waals surface area (Å²) in [5.41, 5.74) is 2.70. The standard InChI is InChI=1S/C27H28F3NO5/c1-4-19(32)10-7-12-21-17(3)31(22-13-8-14-24(25(21)22)36-27(28,29)30)16-18-9-6-11-20(15-18)35-23(5-2)26(33)34/h4,6-11,13-15,23,32H,5,12,16H2,1-3H3,(H,33,34)/b10-7-,19-4+. The lowest BCUT2D eigenvalue weighted by Gasteiger charge is -2.15. The average Bonchev–Trinajstić information content (AvgIpc) is 3.08. The highest BCUT2D eigenvalue weighted by Gasteiger charge is 2.33. The van der Waals surface area contributed by atoms with E-state index in [-0.39, 0.29) is 17.9 Å². The Balaban J connectivity index is 2.07. The molecule has 0 saturated carbocycles. The first-order valence-electron chi connectivity index (χ1n) is 11.4. The molecule has 1 heterocycles. The van der Waals surface area contributed by atoms with Gasteiger partial charge in [0.05, 0.1) is 5.52 Å². The highest BCUT2D eigenvalue weighted by molar-refractivity contribution is 5.91. The molecule has 9 heteroatoms. The smallest absolute Gasteiger partial charge is 0.508 e. The van der Waals surface area contributed by atoms with Gasteiger partial charge < -0.3 is 24.3 Å². The molecule has 0 saturated heterocycles. The third-order valence-corrected chi connectivity index (χ3v) is 5.73. The molecule has 1 unspecified atom stereocenters. The van der Waals surface area contributed by atoms with E-state index in [1.54, 1.807) is 44.2 Å². The Morgan fingerprint density at radius 1 is 1.17 bits per heavy atom. The van der Waals surface area contributed by atoms with E-state index in [1.807, 2.05) is 17.6 Å². The zero-order valence-electron chi connectivity index (χ0n) is 20.2. The summed E-state index contributed by atoms with van der Waals surface area (Å²) < 4.78 is 51.3. The Kier molecular flexibility index (Phi) is 8.34. The SMILES string of the molecule is C/C=C(O)\C=C/Cc1c(C)n(Cc2cccc(OC(CC)C(=O)O)c2)c2cccc(OC(F)(F)F)c12. The summed E-state index contributed by atoms with van der Waals surface area (Å²) in [6.07, 6.45) is -0.600. The molecule has 192 valence electrons. The highest BCUT2D eigenvalue weighted by Crippen LogP contribution is 2.37. The molecule has 2 N–H and O–H groups in total. The number of allylic oxidation sites excluding steroid dienone is 3. The summed E-state index contributed by atoms with van der Waals surface area (Å²) in [6, 6.07) is 11.5. The van der Waals surface area contributed by atoms with Crippen molar-refractivity contribution in [1.29, 1.82) is 0 Å². The largest absolute Gasteiger partial charge is 0.573 e. The summed E-state index contributed by atoms with van der Waals surface area (Å²) in [6.45, 7) is 5.50. The van der Waals surface area contributed by atoms with Crippen LogP contribution in [0, 0.1) is 6.92 Å². The maximum Gasteiger partial charge on any atom is 0.573 e. The molecule has 0 aliphatic rings. The van der Waals surface area contributed by atoms with E-state index in [2.05, 4.69) is 4.74 Å². The molecule has 36 heavy (non-hydrogen) atoms. The minimum atomic E-state index is -4.85. The van der Waals surface area contributed by atoms with Gasteiger partial charge in [0.1, 0.15) is 17.3 Å². The Hall–Kier alpha value is -3.88. The number of carbonyl (C=O) groups is 1. The molecule has 1 atom stereocenters. The number of ether oxygens (including phenoxy) is 2. The monoisotopic (exact) mass is 503 g/mol. The number of fused-ring (bicyclic) bond motifs is 1. The molecule has 0 fully saturated rings. The first-order chi connectivity index (χ1) is 17.0. The number of aliphatic carboxylic acids is 1. The van der Waals surface area contributed by atoms with Crippen LogP contribution >= 0.6 is 0 Å². The second-order valence-electron chi connectivity index (χ2n) is 8.17. The summed E-state index contributed by atoms with van der Waals surface area (Å²) in [5.74, 6) is -0.924. The molecule has 0 aliphatic heterocycles. The van der Waals surface area contributed by atoms with E-state index in [0.717, 1.165) is 11.3 Å². The number of carboxylic acids is 1. The second-order valence-corrected chi connectivity index (χ2v) is 8.17. The molecule has 0 radical (unpaired) electrons. The number of aliphatic hydroxyl groups is 1. The molecular formula is C27H28F3NO5. The lowest BCUT2D eigenvalue weighted by Crippen LogP contribution is -2.25. The third kappa shape index (κ3) is 6.41. The third-order valence-electron chi connectivity index (χ3n) is 5.73. The van der Waals surface area contributed by atoms with E-state index >= 15 is 0 Å². The fraction of sp³-hybridized carbons (Fsp3) is 0.296. The molecular weight excluding hydrogens is 475 g/mol. The van der Waals surface area contributed by atoms with Crippen LogP contribution in [0.5, 0.6) is 11.5 Å². The van der Waals surface area contributed by atoms with Crippen molar-refractivity contribution in [3.63, 3.8) is 0 Å². The van der Waals surface area contributed by atoms with Crippen LogP contribution in [-0.2, 0) is 17.8 Å². The Bertz CT molecular complexity index is 1290. The number of aromatic nitrogens is 1. The van der Waals surface area contributed by atoms with Gasteiger partial charge in [0, 0.05) is 17.6 Å². The van der Waals surface area contributed by atoms with Crippen LogP contribution in [0.15, 0.2) is 66.5 Å². The minimum absolute atomic E-state index is 0.0479. The summed E-state index contributed by atoms with van der Waals surface area (Å²) in [4.78, 5) is 11.3. The van der Waals surface area contributed by atoms with E-state index in [1.165, 1.54) is 24.3 Å². The molecule has 2 aromatic carbocycles. The number of hydrogen-bond acceptors (Lipinski definition) is 4. The van der Waals surface area contributed by atoms with Crippen molar-refractivity contribution in [2.24, 2.45) is 0 Å². The van der Waals surface area contributed by atoms with E-state index < -0.39 is 18.4 Å². The second kappa shape index (κ2) is 11.2. The Morgan fingerprint density at radius 2 is 1.89 bits per heavy atom. The number of benzene rings is 2. The Morgan fingerprint density at radius 3 is 2.53 bits per heavy atom. The van der Waals surface area contributed by atoms with Gasteiger partial charge in [0.2, 0.25) is 0 Å². The predicted octanol–water partition coefficient (Wildman–Crippen LogP) is 6.70. The average molecular weight is 504 g/mol. The number of nitrogens with zero attached hydrogens (tertiary/aromatic N) is 1. The number of aliphatic hydroxyl groups excluding tert-OH is 1. The van der Waals surface area contributed by atoms with Crippen molar-refractivity contribution < 1.29 is 37.7 Å². The van der Waals surface area contributed by atoms with Crippen LogP contribution < -0.4 is 9.47 Å². The van der Waals surface area contributed by atoms with E-state index in [4.69, 9.17) is 4.74 Å². The van der Waals surface area contributed by atoms with Crippen LogP contribution in [0.2, 0.25) is 0 Å². The fourth-order valence-corrected chi connectivity index (χ4v) is 4.00. The first kappa shape index (κ1) is 26.7. The van der Waals surface area contributed by atoms with Crippen molar-refractivity contribution >= 4 is 16.9 Å². The molecule has 6 nitrogen and oxygen atoms in total. The minimum Gasteiger partial charge on any atom is -0.508 e. The van der Waals surface area contributed by atoms with Crippen LogP contribution in [0.1, 0.15) is 37.1 Å². The topological polar surface area (TPSA) is 80.9 Å². The molecule has 3 rings (SSSR count). The van der Waals surface area contributed by atoms with Gasteiger partial charge in [0.25, 0.3) is 0 Å². The van der Waals surface area contributed by atoms with Crippen LogP contribution in [0.25, 0.3) is 10.9 Å². The van der Waals surface area contributed by atoms with E-state index in [0.29, 0.717) is 35.2 Å².